The first-order valence-electron chi connectivity index (χ1n) is 8.08. The number of aromatic nitrogens is 3. The standard InChI is InChI=1S/C19H20N4O2/c1-3-22(12-15-4-10-18(25-2)11-5-15)19(24)16-6-8-17(9-7-16)23-14-20-13-21-23/h4-11,13-14H,3,12H2,1-2H3. The molecule has 0 unspecified atom stereocenters. The quantitative estimate of drug-likeness (QED) is 0.694. The van der Waals surface area contributed by atoms with Crippen molar-refractivity contribution >= 4 is 5.91 Å². The van der Waals surface area contributed by atoms with Gasteiger partial charge in [0.15, 0.2) is 0 Å². The van der Waals surface area contributed by atoms with E-state index in [0.29, 0.717) is 18.7 Å². The summed E-state index contributed by atoms with van der Waals surface area (Å²) in [6.07, 6.45) is 3.10. The molecule has 1 aromatic heterocycles. The van der Waals surface area contributed by atoms with E-state index in [1.807, 2.05) is 60.4 Å². The van der Waals surface area contributed by atoms with E-state index in [1.165, 1.54) is 6.33 Å². The fraction of sp³-hybridized carbons (Fsp3) is 0.211. The van der Waals surface area contributed by atoms with Crippen LogP contribution in [0.5, 0.6) is 5.75 Å². The topological polar surface area (TPSA) is 60.2 Å². The molecule has 2 aromatic carbocycles. The average Bonchev–Trinajstić information content (AvgIpc) is 3.21. The van der Waals surface area contributed by atoms with Gasteiger partial charge in [0.25, 0.3) is 5.91 Å². The van der Waals surface area contributed by atoms with E-state index in [1.54, 1.807) is 18.1 Å². The maximum Gasteiger partial charge on any atom is 0.254 e. The summed E-state index contributed by atoms with van der Waals surface area (Å²) in [7, 11) is 1.64. The van der Waals surface area contributed by atoms with Gasteiger partial charge in [-0.05, 0) is 48.9 Å². The fourth-order valence-corrected chi connectivity index (χ4v) is 2.56. The van der Waals surface area contributed by atoms with Crippen LogP contribution < -0.4 is 4.74 Å². The normalized spacial score (nSPS) is 10.5. The molecular weight excluding hydrogens is 316 g/mol. The van der Waals surface area contributed by atoms with Crippen molar-refractivity contribution in [3.63, 3.8) is 0 Å². The highest BCUT2D eigenvalue weighted by Gasteiger charge is 2.14. The van der Waals surface area contributed by atoms with Gasteiger partial charge in [0.1, 0.15) is 18.4 Å². The highest BCUT2D eigenvalue weighted by molar-refractivity contribution is 5.94. The van der Waals surface area contributed by atoms with Crippen LogP contribution in [0.15, 0.2) is 61.2 Å². The van der Waals surface area contributed by atoms with Crippen molar-refractivity contribution in [2.45, 2.75) is 13.5 Å². The molecule has 3 rings (SSSR count). The molecule has 3 aromatic rings. The summed E-state index contributed by atoms with van der Waals surface area (Å²) in [6, 6.07) is 15.1. The van der Waals surface area contributed by atoms with Gasteiger partial charge in [-0.1, -0.05) is 12.1 Å². The van der Waals surface area contributed by atoms with Crippen molar-refractivity contribution in [1.82, 2.24) is 19.7 Å². The molecule has 0 fully saturated rings. The monoisotopic (exact) mass is 336 g/mol. The summed E-state index contributed by atoms with van der Waals surface area (Å²) < 4.78 is 6.82. The maximum atomic E-state index is 12.8. The Bertz CT molecular complexity index is 812. The molecule has 0 spiro atoms. The molecule has 6 nitrogen and oxygen atoms in total. The van der Waals surface area contributed by atoms with Crippen molar-refractivity contribution in [2.24, 2.45) is 0 Å². The third-order valence-electron chi connectivity index (χ3n) is 4.00. The Morgan fingerprint density at radius 2 is 1.84 bits per heavy atom. The van der Waals surface area contributed by atoms with E-state index in [9.17, 15) is 4.79 Å². The Morgan fingerprint density at radius 3 is 2.40 bits per heavy atom. The van der Waals surface area contributed by atoms with Crippen LogP contribution in [-0.2, 0) is 6.54 Å². The van der Waals surface area contributed by atoms with E-state index < -0.39 is 0 Å². The van der Waals surface area contributed by atoms with Crippen LogP contribution >= 0.6 is 0 Å². The molecule has 0 aliphatic rings. The van der Waals surface area contributed by atoms with Crippen molar-refractivity contribution in [2.75, 3.05) is 13.7 Å². The van der Waals surface area contributed by atoms with Gasteiger partial charge in [-0.25, -0.2) is 9.67 Å². The number of benzene rings is 2. The van der Waals surface area contributed by atoms with Gasteiger partial charge < -0.3 is 9.64 Å². The molecule has 0 atom stereocenters. The summed E-state index contributed by atoms with van der Waals surface area (Å²) in [5.41, 5.74) is 2.58. The fourth-order valence-electron chi connectivity index (χ4n) is 2.56. The van der Waals surface area contributed by atoms with Gasteiger partial charge in [0, 0.05) is 18.7 Å². The first kappa shape index (κ1) is 16.7. The van der Waals surface area contributed by atoms with Crippen molar-refractivity contribution < 1.29 is 9.53 Å². The molecule has 0 saturated heterocycles. The first-order chi connectivity index (χ1) is 12.2. The molecule has 1 amide bonds. The van der Waals surface area contributed by atoms with Crippen LogP contribution in [0.2, 0.25) is 0 Å². The maximum absolute atomic E-state index is 12.8. The van der Waals surface area contributed by atoms with Gasteiger partial charge in [-0.3, -0.25) is 4.79 Å². The summed E-state index contributed by atoms with van der Waals surface area (Å²) in [5.74, 6) is 0.810. The van der Waals surface area contributed by atoms with Crippen molar-refractivity contribution in [1.29, 1.82) is 0 Å². The minimum atomic E-state index is 0.00320. The van der Waals surface area contributed by atoms with E-state index in [4.69, 9.17) is 4.74 Å². The molecule has 0 radical (unpaired) electrons. The van der Waals surface area contributed by atoms with Gasteiger partial charge in [-0.2, -0.15) is 5.10 Å². The molecule has 0 aliphatic carbocycles. The minimum Gasteiger partial charge on any atom is -0.497 e. The zero-order chi connectivity index (χ0) is 17.6. The van der Waals surface area contributed by atoms with Gasteiger partial charge >= 0.3 is 0 Å². The molecule has 0 bridgehead atoms. The van der Waals surface area contributed by atoms with Crippen LogP contribution in [0.3, 0.4) is 0 Å². The Kier molecular flexibility index (Phi) is 5.09. The zero-order valence-corrected chi connectivity index (χ0v) is 14.3. The highest BCUT2D eigenvalue weighted by atomic mass is 16.5. The molecule has 1 heterocycles. The molecule has 128 valence electrons. The lowest BCUT2D eigenvalue weighted by Crippen LogP contribution is -2.30. The number of nitrogens with zero attached hydrogens (tertiary/aromatic N) is 4. The van der Waals surface area contributed by atoms with Crippen LogP contribution in [0.25, 0.3) is 5.69 Å². The lowest BCUT2D eigenvalue weighted by Gasteiger charge is -2.21. The molecule has 25 heavy (non-hydrogen) atoms. The third kappa shape index (κ3) is 3.85. The minimum absolute atomic E-state index is 0.00320. The number of hydrogen-bond acceptors (Lipinski definition) is 4. The van der Waals surface area contributed by atoms with Crippen LogP contribution in [0.1, 0.15) is 22.8 Å². The number of hydrogen-bond donors (Lipinski definition) is 0. The van der Waals surface area contributed by atoms with Crippen LogP contribution in [0.4, 0.5) is 0 Å². The molecule has 0 aliphatic heterocycles. The third-order valence-corrected chi connectivity index (χ3v) is 4.00. The zero-order valence-electron chi connectivity index (χ0n) is 14.3. The number of rotatable bonds is 6. The summed E-state index contributed by atoms with van der Waals surface area (Å²) >= 11 is 0. The molecule has 0 N–H and O–H groups in total. The second-order valence-electron chi connectivity index (χ2n) is 5.55. The Labute approximate surface area is 146 Å². The summed E-state index contributed by atoms with van der Waals surface area (Å²) in [6.45, 7) is 3.17. The summed E-state index contributed by atoms with van der Waals surface area (Å²) in [4.78, 5) is 18.5. The number of carbonyl (C=O) groups is 1. The van der Waals surface area contributed by atoms with Crippen LogP contribution in [-0.4, -0.2) is 39.2 Å². The highest BCUT2D eigenvalue weighted by Crippen LogP contribution is 2.15. The van der Waals surface area contributed by atoms with Gasteiger partial charge in [0.05, 0.1) is 12.8 Å². The predicted molar refractivity (Wildman–Crippen MR) is 94.8 cm³/mol. The number of carbonyl (C=O) groups excluding carboxylic acids is 1. The van der Waals surface area contributed by atoms with E-state index >= 15 is 0 Å². The second-order valence-corrected chi connectivity index (χ2v) is 5.55. The smallest absolute Gasteiger partial charge is 0.254 e. The summed E-state index contributed by atoms with van der Waals surface area (Å²) in [5, 5.41) is 4.08. The number of methoxy groups -OCH3 is 1. The lowest BCUT2D eigenvalue weighted by atomic mass is 10.1. The van der Waals surface area contributed by atoms with Crippen molar-refractivity contribution in [3.05, 3.63) is 72.3 Å². The largest absolute Gasteiger partial charge is 0.497 e. The Hall–Kier alpha value is -3.15. The Balaban J connectivity index is 1.72. The molecule has 0 saturated carbocycles. The second kappa shape index (κ2) is 7.61. The lowest BCUT2D eigenvalue weighted by molar-refractivity contribution is 0.0752. The number of ether oxygens (including phenoxy) is 1. The first-order valence-corrected chi connectivity index (χ1v) is 8.08. The van der Waals surface area contributed by atoms with E-state index in [0.717, 1.165) is 17.0 Å². The SMILES string of the molecule is CCN(Cc1ccc(OC)cc1)C(=O)c1ccc(-n2cncn2)cc1. The van der Waals surface area contributed by atoms with E-state index in [-0.39, 0.29) is 5.91 Å². The molecule has 6 heteroatoms. The molecular formula is C19H20N4O2. The Morgan fingerprint density at radius 1 is 1.12 bits per heavy atom. The van der Waals surface area contributed by atoms with E-state index in [2.05, 4.69) is 10.1 Å². The number of amides is 1. The predicted octanol–water partition coefficient (Wildman–Crippen LogP) is 2.94. The van der Waals surface area contributed by atoms with Gasteiger partial charge in [0.2, 0.25) is 0 Å². The van der Waals surface area contributed by atoms with Gasteiger partial charge in [-0.15, -0.1) is 0 Å². The van der Waals surface area contributed by atoms with Crippen molar-refractivity contribution in [3.8, 4) is 11.4 Å². The average molecular weight is 336 g/mol. The van der Waals surface area contributed by atoms with Crippen LogP contribution in [0, 0.1) is 0 Å².